The van der Waals surface area contributed by atoms with Crippen molar-refractivity contribution in [3.63, 3.8) is 0 Å². The molecule has 1 atom stereocenters. The smallest absolute Gasteiger partial charge is 0.137 e. The van der Waals surface area contributed by atoms with Gasteiger partial charge in [0.1, 0.15) is 5.82 Å². The highest BCUT2D eigenvalue weighted by Gasteiger charge is 2.14. The first-order chi connectivity index (χ1) is 10.1. The van der Waals surface area contributed by atoms with Gasteiger partial charge in [0.2, 0.25) is 0 Å². The lowest BCUT2D eigenvalue weighted by atomic mass is 9.95. The number of hydrogen-bond acceptors (Lipinski definition) is 1. The molecule has 21 heavy (non-hydrogen) atoms. The van der Waals surface area contributed by atoms with Crippen LogP contribution in [0.1, 0.15) is 36.1 Å². The van der Waals surface area contributed by atoms with Crippen LogP contribution in [0.25, 0.3) is 0 Å². The van der Waals surface area contributed by atoms with E-state index in [4.69, 9.17) is 0 Å². The first-order valence-electron chi connectivity index (χ1n) is 7.34. The van der Waals surface area contributed by atoms with Gasteiger partial charge in [0, 0.05) is 6.04 Å². The van der Waals surface area contributed by atoms with Crippen molar-refractivity contribution in [1.82, 2.24) is 5.32 Å². The molecule has 2 rings (SSSR count). The summed E-state index contributed by atoms with van der Waals surface area (Å²) in [7, 11) is 0. The van der Waals surface area contributed by atoms with Crippen molar-refractivity contribution in [3.8, 4) is 0 Å². The Bertz CT molecular complexity index is 598. The van der Waals surface area contributed by atoms with Crippen molar-refractivity contribution in [2.45, 2.75) is 32.7 Å². The molecule has 0 aliphatic rings. The third-order valence-corrected chi connectivity index (χ3v) is 4.24. The fraction of sp³-hybridized carbons (Fsp3) is 0.333. The van der Waals surface area contributed by atoms with Crippen LogP contribution in [-0.2, 0) is 6.42 Å². The molecule has 0 saturated heterocycles. The molecule has 0 aromatic heterocycles. The molecular formula is C18H21BrFN. The SMILES string of the molecule is CCCNC(Cc1ccc(F)c(Br)c1)c1ccccc1C. The number of nitrogens with one attached hydrogen (secondary N) is 1. The molecule has 1 unspecified atom stereocenters. The van der Waals surface area contributed by atoms with Crippen LogP contribution in [-0.4, -0.2) is 6.54 Å². The zero-order chi connectivity index (χ0) is 15.2. The van der Waals surface area contributed by atoms with Gasteiger partial charge in [-0.1, -0.05) is 37.3 Å². The number of rotatable bonds is 6. The maximum absolute atomic E-state index is 13.4. The van der Waals surface area contributed by atoms with Gasteiger partial charge >= 0.3 is 0 Å². The van der Waals surface area contributed by atoms with Crippen molar-refractivity contribution in [3.05, 3.63) is 69.4 Å². The average molecular weight is 350 g/mol. The number of hydrogen-bond donors (Lipinski definition) is 1. The van der Waals surface area contributed by atoms with Gasteiger partial charge in [-0.3, -0.25) is 0 Å². The summed E-state index contributed by atoms with van der Waals surface area (Å²) >= 11 is 3.26. The topological polar surface area (TPSA) is 12.0 Å². The number of aryl methyl sites for hydroxylation is 1. The first kappa shape index (κ1) is 16.2. The summed E-state index contributed by atoms with van der Waals surface area (Å²) in [6, 6.07) is 13.9. The van der Waals surface area contributed by atoms with E-state index in [1.54, 1.807) is 0 Å². The van der Waals surface area contributed by atoms with E-state index in [1.807, 2.05) is 12.1 Å². The summed E-state index contributed by atoms with van der Waals surface area (Å²) in [4.78, 5) is 0. The highest BCUT2D eigenvalue weighted by Crippen LogP contribution is 2.24. The Labute approximate surface area is 134 Å². The van der Waals surface area contributed by atoms with E-state index in [0.29, 0.717) is 4.47 Å². The van der Waals surface area contributed by atoms with Crippen molar-refractivity contribution in [1.29, 1.82) is 0 Å². The Morgan fingerprint density at radius 2 is 1.95 bits per heavy atom. The van der Waals surface area contributed by atoms with E-state index in [2.05, 4.69) is 59.4 Å². The van der Waals surface area contributed by atoms with Gasteiger partial charge in [-0.05, 0) is 71.1 Å². The van der Waals surface area contributed by atoms with Gasteiger partial charge in [-0.15, -0.1) is 0 Å². The molecule has 2 aromatic carbocycles. The largest absolute Gasteiger partial charge is 0.310 e. The summed E-state index contributed by atoms with van der Waals surface area (Å²) in [6.45, 7) is 5.27. The normalized spacial score (nSPS) is 12.4. The van der Waals surface area contributed by atoms with E-state index >= 15 is 0 Å². The van der Waals surface area contributed by atoms with E-state index in [-0.39, 0.29) is 11.9 Å². The lowest BCUT2D eigenvalue weighted by molar-refractivity contribution is 0.526. The summed E-state index contributed by atoms with van der Waals surface area (Å²) in [6.07, 6.45) is 1.94. The molecule has 2 aromatic rings. The van der Waals surface area contributed by atoms with Gasteiger partial charge in [-0.2, -0.15) is 0 Å². The number of halogens is 2. The molecule has 1 N–H and O–H groups in total. The maximum Gasteiger partial charge on any atom is 0.137 e. The summed E-state index contributed by atoms with van der Waals surface area (Å²) < 4.78 is 13.9. The minimum Gasteiger partial charge on any atom is -0.310 e. The van der Waals surface area contributed by atoms with Crippen LogP contribution >= 0.6 is 15.9 Å². The maximum atomic E-state index is 13.4. The van der Waals surface area contributed by atoms with E-state index in [9.17, 15) is 4.39 Å². The van der Waals surface area contributed by atoms with Gasteiger partial charge in [-0.25, -0.2) is 4.39 Å². The van der Waals surface area contributed by atoms with E-state index < -0.39 is 0 Å². The monoisotopic (exact) mass is 349 g/mol. The van der Waals surface area contributed by atoms with Crippen LogP contribution in [0.2, 0.25) is 0 Å². The molecular weight excluding hydrogens is 329 g/mol. The highest BCUT2D eigenvalue weighted by molar-refractivity contribution is 9.10. The minimum atomic E-state index is -0.215. The molecule has 112 valence electrons. The van der Waals surface area contributed by atoms with E-state index in [1.165, 1.54) is 17.2 Å². The van der Waals surface area contributed by atoms with Crippen molar-refractivity contribution >= 4 is 15.9 Å². The quantitative estimate of drug-likeness (QED) is 0.757. The van der Waals surface area contributed by atoms with Crippen LogP contribution in [0, 0.1) is 12.7 Å². The van der Waals surface area contributed by atoms with Crippen LogP contribution in [0.4, 0.5) is 4.39 Å². The Morgan fingerprint density at radius 3 is 2.62 bits per heavy atom. The standard InChI is InChI=1S/C18H21BrFN/c1-3-10-21-18(15-7-5-4-6-13(15)2)12-14-8-9-17(20)16(19)11-14/h4-9,11,18,21H,3,10,12H2,1-2H3. The van der Waals surface area contributed by atoms with E-state index in [0.717, 1.165) is 24.9 Å². The molecule has 0 spiro atoms. The van der Waals surface area contributed by atoms with Gasteiger partial charge in [0.05, 0.1) is 4.47 Å². The van der Waals surface area contributed by atoms with Crippen LogP contribution in [0.15, 0.2) is 46.9 Å². The molecule has 0 fully saturated rings. The lowest BCUT2D eigenvalue weighted by Gasteiger charge is -2.21. The third kappa shape index (κ3) is 4.39. The van der Waals surface area contributed by atoms with Crippen molar-refractivity contribution < 1.29 is 4.39 Å². The fourth-order valence-corrected chi connectivity index (χ4v) is 2.92. The number of benzene rings is 2. The van der Waals surface area contributed by atoms with Crippen molar-refractivity contribution in [2.75, 3.05) is 6.54 Å². The molecule has 0 amide bonds. The van der Waals surface area contributed by atoms with Gasteiger partial charge in [0.15, 0.2) is 0 Å². The van der Waals surface area contributed by atoms with Crippen LogP contribution in [0.5, 0.6) is 0 Å². The molecule has 0 heterocycles. The zero-order valence-corrected chi connectivity index (χ0v) is 14.1. The molecule has 0 saturated carbocycles. The predicted octanol–water partition coefficient (Wildman–Crippen LogP) is 5.18. The highest BCUT2D eigenvalue weighted by atomic mass is 79.9. The Kier molecular flexibility index (Phi) is 5.95. The molecule has 0 bridgehead atoms. The second-order valence-electron chi connectivity index (χ2n) is 5.32. The fourth-order valence-electron chi connectivity index (χ4n) is 2.49. The minimum absolute atomic E-state index is 0.215. The van der Waals surface area contributed by atoms with Gasteiger partial charge < -0.3 is 5.32 Å². The molecule has 1 nitrogen and oxygen atoms in total. The molecule has 0 aliphatic heterocycles. The van der Waals surface area contributed by atoms with Crippen LogP contribution in [0.3, 0.4) is 0 Å². The molecule has 0 radical (unpaired) electrons. The predicted molar refractivity (Wildman–Crippen MR) is 90.0 cm³/mol. The summed E-state index contributed by atoms with van der Waals surface area (Å²) in [5.74, 6) is -0.215. The Morgan fingerprint density at radius 1 is 1.19 bits per heavy atom. The molecule has 0 aliphatic carbocycles. The van der Waals surface area contributed by atoms with Crippen molar-refractivity contribution in [2.24, 2.45) is 0 Å². The zero-order valence-electron chi connectivity index (χ0n) is 12.5. The first-order valence-corrected chi connectivity index (χ1v) is 8.14. The summed E-state index contributed by atoms with van der Waals surface area (Å²) in [5.41, 5.74) is 3.72. The average Bonchev–Trinajstić information content (AvgIpc) is 2.48. The second kappa shape index (κ2) is 7.71. The van der Waals surface area contributed by atoms with Gasteiger partial charge in [0.25, 0.3) is 0 Å². The van der Waals surface area contributed by atoms with Crippen LogP contribution < -0.4 is 5.32 Å². The Balaban J connectivity index is 2.24. The third-order valence-electron chi connectivity index (χ3n) is 3.63. The molecule has 3 heteroatoms. The Hall–Kier alpha value is -1.19. The second-order valence-corrected chi connectivity index (χ2v) is 6.17. The lowest BCUT2D eigenvalue weighted by Crippen LogP contribution is -2.24. The summed E-state index contributed by atoms with van der Waals surface area (Å²) in [5, 5.41) is 3.60.